The molecule has 0 unspecified atom stereocenters. The minimum Gasteiger partial charge on any atom is -0.481 e. The molecule has 1 N–H and O–H groups in total. The summed E-state index contributed by atoms with van der Waals surface area (Å²) in [5.41, 5.74) is -0.728. The van der Waals surface area contributed by atoms with Crippen LogP contribution in [0.2, 0.25) is 5.02 Å². The third-order valence-corrected chi connectivity index (χ3v) is 3.00. The summed E-state index contributed by atoms with van der Waals surface area (Å²) >= 11 is 5.65. The van der Waals surface area contributed by atoms with Gasteiger partial charge < -0.3 is 10.0 Å². The van der Waals surface area contributed by atoms with Crippen LogP contribution in [0, 0.1) is 5.82 Å². The predicted octanol–water partition coefficient (Wildman–Crippen LogP) is 3.19. The Labute approximate surface area is 122 Å². The maximum atomic E-state index is 13.8. The van der Waals surface area contributed by atoms with Gasteiger partial charge in [-0.3, -0.25) is 9.59 Å². The van der Waals surface area contributed by atoms with Crippen molar-refractivity contribution in [1.82, 2.24) is 4.90 Å². The van der Waals surface area contributed by atoms with E-state index in [0.29, 0.717) is 0 Å². The molecule has 0 bridgehead atoms. The number of nitrogens with zero attached hydrogens (tertiary/aromatic N) is 1. The van der Waals surface area contributed by atoms with Crippen molar-refractivity contribution in [3.05, 3.63) is 34.6 Å². The number of benzene rings is 1. The van der Waals surface area contributed by atoms with Crippen LogP contribution in [0.4, 0.5) is 4.39 Å². The van der Waals surface area contributed by atoms with Crippen LogP contribution in [0.1, 0.15) is 37.6 Å². The Hall–Kier alpha value is -1.62. The first kappa shape index (κ1) is 16.4. The van der Waals surface area contributed by atoms with E-state index in [-0.39, 0.29) is 23.6 Å². The molecule has 0 heterocycles. The molecule has 110 valence electrons. The van der Waals surface area contributed by atoms with E-state index in [0.717, 1.165) is 6.07 Å². The van der Waals surface area contributed by atoms with Crippen LogP contribution in [-0.4, -0.2) is 34.0 Å². The van der Waals surface area contributed by atoms with Gasteiger partial charge in [0.2, 0.25) is 0 Å². The van der Waals surface area contributed by atoms with Crippen LogP contribution in [0.5, 0.6) is 0 Å². The van der Waals surface area contributed by atoms with Gasteiger partial charge in [-0.2, -0.15) is 0 Å². The van der Waals surface area contributed by atoms with Crippen molar-refractivity contribution in [2.45, 2.75) is 32.7 Å². The van der Waals surface area contributed by atoms with Gasteiger partial charge in [-0.15, -0.1) is 0 Å². The lowest BCUT2D eigenvalue weighted by Gasteiger charge is -2.35. The van der Waals surface area contributed by atoms with Crippen LogP contribution in [-0.2, 0) is 4.79 Å². The standard InChI is InChI=1S/C14H17ClFNO3/c1-14(2,3)17(7-6-12(18)19)13(20)10-5-4-9(15)8-11(10)16/h4-5,8H,6-7H2,1-3H3,(H,18,19). The fraction of sp³-hybridized carbons (Fsp3) is 0.429. The topological polar surface area (TPSA) is 57.6 Å². The van der Waals surface area contributed by atoms with Crippen LogP contribution in [0.25, 0.3) is 0 Å². The van der Waals surface area contributed by atoms with E-state index in [2.05, 4.69) is 0 Å². The normalized spacial score (nSPS) is 11.2. The summed E-state index contributed by atoms with van der Waals surface area (Å²) < 4.78 is 13.8. The number of carboxylic acids is 1. The number of rotatable bonds is 4. The van der Waals surface area contributed by atoms with Crippen molar-refractivity contribution < 1.29 is 19.1 Å². The summed E-state index contributed by atoms with van der Waals surface area (Å²) in [6, 6.07) is 3.79. The minimum absolute atomic E-state index is 0.0136. The van der Waals surface area contributed by atoms with E-state index in [1.54, 1.807) is 20.8 Å². The van der Waals surface area contributed by atoms with E-state index < -0.39 is 23.2 Å². The molecule has 6 heteroatoms. The lowest BCUT2D eigenvalue weighted by molar-refractivity contribution is -0.137. The predicted molar refractivity (Wildman–Crippen MR) is 74.5 cm³/mol. The molecule has 1 amide bonds. The van der Waals surface area contributed by atoms with Crippen molar-refractivity contribution in [3.63, 3.8) is 0 Å². The number of hydrogen-bond acceptors (Lipinski definition) is 2. The maximum Gasteiger partial charge on any atom is 0.305 e. The minimum atomic E-state index is -1.01. The van der Waals surface area contributed by atoms with E-state index in [4.69, 9.17) is 16.7 Å². The first-order valence-corrected chi connectivity index (χ1v) is 6.49. The molecule has 1 aromatic rings. The molecular weight excluding hydrogens is 285 g/mol. The SMILES string of the molecule is CC(C)(C)N(CCC(=O)O)C(=O)c1ccc(Cl)cc1F. The summed E-state index contributed by atoms with van der Waals surface area (Å²) in [5, 5.41) is 8.94. The van der Waals surface area contributed by atoms with Crippen LogP contribution >= 0.6 is 11.6 Å². The molecular formula is C14H17ClFNO3. The second-order valence-electron chi connectivity index (χ2n) is 5.40. The van der Waals surface area contributed by atoms with Crippen LogP contribution in [0.15, 0.2) is 18.2 Å². The summed E-state index contributed by atoms with van der Waals surface area (Å²) in [6.45, 7) is 5.31. The summed E-state index contributed by atoms with van der Waals surface area (Å²) in [7, 11) is 0. The first-order chi connectivity index (χ1) is 9.12. The Morgan fingerprint density at radius 2 is 1.95 bits per heavy atom. The molecule has 0 aliphatic heterocycles. The molecule has 0 saturated heterocycles. The third kappa shape index (κ3) is 4.20. The van der Waals surface area contributed by atoms with Gasteiger partial charge >= 0.3 is 5.97 Å². The van der Waals surface area contributed by atoms with Gasteiger partial charge in [-0.1, -0.05) is 11.6 Å². The Morgan fingerprint density at radius 3 is 2.40 bits per heavy atom. The van der Waals surface area contributed by atoms with Gasteiger partial charge in [-0.25, -0.2) is 4.39 Å². The molecule has 20 heavy (non-hydrogen) atoms. The fourth-order valence-corrected chi connectivity index (χ4v) is 1.92. The van der Waals surface area contributed by atoms with E-state index >= 15 is 0 Å². The van der Waals surface area contributed by atoms with Crippen molar-refractivity contribution in [2.24, 2.45) is 0 Å². The number of amides is 1. The number of carbonyl (C=O) groups is 2. The number of hydrogen-bond donors (Lipinski definition) is 1. The molecule has 0 spiro atoms. The van der Waals surface area contributed by atoms with E-state index in [9.17, 15) is 14.0 Å². The van der Waals surface area contributed by atoms with Gasteiger partial charge in [0.1, 0.15) is 5.82 Å². The fourth-order valence-electron chi connectivity index (χ4n) is 1.76. The zero-order valence-corrected chi connectivity index (χ0v) is 12.4. The highest BCUT2D eigenvalue weighted by Gasteiger charge is 2.29. The van der Waals surface area contributed by atoms with E-state index in [1.165, 1.54) is 17.0 Å². The number of carbonyl (C=O) groups excluding carboxylic acids is 1. The molecule has 0 aliphatic rings. The van der Waals surface area contributed by atoms with Crippen molar-refractivity contribution in [2.75, 3.05) is 6.54 Å². The zero-order chi connectivity index (χ0) is 15.5. The van der Waals surface area contributed by atoms with Gasteiger partial charge in [0.15, 0.2) is 0 Å². The van der Waals surface area contributed by atoms with Crippen molar-refractivity contribution in [1.29, 1.82) is 0 Å². The monoisotopic (exact) mass is 301 g/mol. The Bertz CT molecular complexity index is 526. The quantitative estimate of drug-likeness (QED) is 0.929. The lowest BCUT2D eigenvalue weighted by atomic mass is 10.0. The molecule has 0 radical (unpaired) electrons. The Balaban J connectivity index is 3.07. The average Bonchev–Trinajstić information content (AvgIpc) is 2.26. The highest BCUT2D eigenvalue weighted by molar-refractivity contribution is 6.30. The van der Waals surface area contributed by atoms with Crippen LogP contribution in [0.3, 0.4) is 0 Å². The largest absolute Gasteiger partial charge is 0.481 e. The highest BCUT2D eigenvalue weighted by Crippen LogP contribution is 2.21. The Morgan fingerprint density at radius 1 is 1.35 bits per heavy atom. The highest BCUT2D eigenvalue weighted by atomic mass is 35.5. The molecule has 0 saturated carbocycles. The molecule has 4 nitrogen and oxygen atoms in total. The lowest BCUT2D eigenvalue weighted by Crippen LogP contribution is -2.46. The second kappa shape index (κ2) is 6.22. The van der Waals surface area contributed by atoms with Crippen molar-refractivity contribution in [3.8, 4) is 0 Å². The summed E-state index contributed by atoms with van der Waals surface area (Å²) in [5.74, 6) is -2.27. The summed E-state index contributed by atoms with van der Waals surface area (Å²) in [6.07, 6.45) is -0.196. The van der Waals surface area contributed by atoms with Crippen LogP contribution < -0.4 is 0 Å². The zero-order valence-electron chi connectivity index (χ0n) is 11.6. The van der Waals surface area contributed by atoms with Crippen molar-refractivity contribution >= 4 is 23.5 Å². The average molecular weight is 302 g/mol. The summed E-state index contributed by atoms with van der Waals surface area (Å²) in [4.78, 5) is 24.4. The van der Waals surface area contributed by atoms with Gasteiger partial charge in [0.05, 0.1) is 12.0 Å². The number of aliphatic carboxylic acids is 1. The van der Waals surface area contributed by atoms with Gasteiger partial charge in [0.25, 0.3) is 5.91 Å². The smallest absolute Gasteiger partial charge is 0.305 e. The molecule has 0 aliphatic carbocycles. The number of carboxylic acid groups (broad SMARTS) is 1. The molecule has 0 aromatic heterocycles. The molecule has 0 atom stereocenters. The third-order valence-electron chi connectivity index (χ3n) is 2.77. The molecule has 1 aromatic carbocycles. The second-order valence-corrected chi connectivity index (χ2v) is 5.83. The molecule has 0 fully saturated rings. The van der Waals surface area contributed by atoms with E-state index in [1.807, 2.05) is 0 Å². The van der Waals surface area contributed by atoms with Gasteiger partial charge in [-0.05, 0) is 39.0 Å². The first-order valence-electron chi connectivity index (χ1n) is 6.11. The maximum absolute atomic E-state index is 13.8. The Kier molecular flexibility index (Phi) is 5.11. The van der Waals surface area contributed by atoms with Gasteiger partial charge in [0, 0.05) is 17.1 Å². The molecule has 1 rings (SSSR count). The number of halogens is 2.